The van der Waals surface area contributed by atoms with Gasteiger partial charge in [0.05, 0.1) is 5.60 Å². The number of carbonyl (C=O) groups is 1. The number of benzene rings is 1. The first kappa shape index (κ1) is 16.7. The van der Waals surface area contributed by atoms with Gasteiger partial charge in [0.25, 0.3) is 5.91 Å². The molecule has 0 aliphatic heterocycles. The van der Waals surface area contributed by atoms with Crippen LogP contribution in [0.3, 0.4) is 0 Å². The van der Waals surface area contributed by atoms with Crippen molar-refractivity contribution in [1.82, 2.24) is 10.3 Å². The van der Waals surface area contributed by atoms with E-state index < -0.39 is 5.60 Å². The second-order valence-electron chi connectivity index (χ2n) is 6.87. The third-order valence-corrected chi connectivity index (χ3v) is 4.95. The van der Waals surface area contributed by atoms with Crippen LogP contribution in [0.4, 0.5) is 0 Å². The summed E-state index contributed by atoms with van der Waals surface area (Å²) in [6.07, 6.45) is 6.96. The Labute approximate surface area is 142 Å². The summed E-state index contributed by atoms with van der Waals surface area (Å²) >= 11 is 0. The first-order valence-electron chi connectivity index (χ1n) is 8.57. The summed E-state index contributed by atoms with van der Waals surface area (Å²) in [5.74, 6) is 0.517. The van der Waals surface area contributed by atoms with Crippen LogP contribution in [-0.4, -0.2) is 28.1 Å². The second-order valence-corrected chi connectivity index (χ2v) is 6.87. The fourth-order valence-electron chi connectivity index (χ4n) is 3.28. The highest BCUT2D eigenvalue weighted by Crippen LogP contribution is 2.31. The van der Waals surface area contributed by atoms with E-state index in [0.717, 1.165) is 36.8 Å². The number of amides is 1. The summed E-state index contributed by atoms with van der Waals surface area (Å²) in [6.45, 7) is 2.52. The van der Waals surface area contributed by atoms with Crippen LogP contribution in [0, 0.1) is 5.92 Å². The molecule has 0 radical (unpaired) electrons. The molecule has 1 amide bonds. The summed E-state index contributed by atoms with van der Waals surface area (Å²) < 4.78 is 0. The zero-order valence-electron chi connectivity index (χ0n) is 14.0. The van der Waals surface area contributed by atoms with E-state index in [1.807, 2.05) is 36.4 Å². The minimum atomic E-state index is -0.770. The standard InChI is InChI=1S/C20H24N2O2/c1-15-6-10-20(24,11-7-15)14-22-19(23)18-5-3-2-4-17(18)16-8-12-21-13-9-16/h2-5,8-9,12-13,15,24H,6-7,10-11,14H2,1H3,(H,22,23). The van der Waals surface area contributed by atoms with Crippen molar-refractivity contribution >= 4 is 5.91 Å². The molecule has 1 aliphatic carbocycles. The number of nitrogens with one attached hydrogen (secondary N) is 1. The van der Waals surface area contributed by atoms with Crippen molar-refractivity contribution < 1.29 is 9.90 Å². The van der Waals surface area contributed by atoms with Gasteiger partial charge in [-0.15, -0.1) is 0 Å². The summed E-state index contributed by atoms with van der Waals surface area (Å²) in [6, 6.07) is 11.3. The van der Waals surface area contributed by atoms with Crippen LogP contribution in [-0.2, 0) is 0 Å². The average Bonchev–Trinajstić information content (AvgIpc) is 2.63. The molecule has 2 N–H and O–H groups in total. The van der Waals surface area contributed by atoms with E-state index in [1.165, 1.54) is 0 Å². The quantitative estimate of drug-likeness (QED) is 0.906. The highest BCUT2D eigenvalue weighted by molar-refractivity contribution is 6.00. The Morgan fingerprint density at radius 2 is 1.88 bits per heavy atom. The predicted molar refractivity (Wildman–Crippen MR) is 94.6 cm³/mol. The van der Waals surface area contributed by atoms with Gasteiger partial charge in [-0.05, 0) is 60.9 Å². The van der Waals surface area contributed by atoms with E-state index in [4.69, 9.17) is 0 Å². The lowest BCUT2D eigenvalue weighted by Crippen LogP contribution is -2.45. The third-order valence-electron chi connectivity index (χ3n) is 4.95. The average molecular weight is 324 g/mol. The van der Waals surface area contributed by atoms with Gasteiger partial charge in [0.2, 0.25) is 0 Å². The van der Waals surface area contributed by atoms with E-state index in [0.29, 0.717) is 18.0 Å². The molecule has 1 heterocycles. The molecule has 0 spiro atoms. The lowest BCUT2D eigenvalue weighted by molar-refractivity contribution is -0.00539. The van der Waals surface area contributed by atoms with Crippen molar-refractivity contribution in [2.45, 2.75) is 38.2 Å². The van der Waals surface area contributed by atoms with Crippen LogP contribution in [0.1, 0.15) is 43.0 Å². The van der Waals surface area contributed by atoms with Crippen molar-refractivity contribution in [2.24, 2.45) is 5.92 Å². The van der Waals surface area contributed by atoms with E-state index in [9.17, 15) is 9.90 Å². The highest BCUT2D eigenvalue weighted by atomic mass is 16.3. The molecule has 0 saturated heterocycles. The summed E-state index contributed by atoms with van der Waals surface area (Å²) in [4.78, 5) is 16.7. The fourth-order valence-corrected chi connectivity index (χ4v) is 3.28. The number of aliphatic hydroxyl groups is 1. The van der Waals surface area contributed by atoms with Gasteiger partial charge >= 0.3 is 0 Å². The molecule has 126 valence electrons. The maximum absolute atomic E-state index is 12.7. The third kappa shape index (κ3) is 3.82. The molecule has 2 aromatic rings. The molecule has 0 bridgehead atoms. The van der Waals surface area contributed by atoms with Gasteiger partial charge in [-0.25, -0.2) is 0 Å². The maximum Gasteiger partial charge on any atom is 0.252 e. The van der Waals surface area contributed by atoms with Crippen LogP contribution in [0.5, 0.6) is 0 Å². The van der Waals surface area contributed by atoms with Gasteiger partial charge in [-0.2, -0.15) is 0 Å². The summed E-state index contributed by atoms with van der Waals surface area (Å²) in [7, 11) is 0. The molecule has 1 aromatic heterocycles. The second kappa shape index (κ2) is 7.14. The molecule has 0 unspecified atom stereocenters. The molecule has 0 atom stereocenters. The predicted octanol–water partition coefficient (Wildman–Crippen LogP) is 3.42. The fraction of sp³-hybridized carbons (Fsp3) is 0.400. The Morgan fingerprint density at radius 1 is 1.21 bits per heavy atom. The van der Waals surface area contributed by atoms with E-state index >= 15 is 0 Å². The molecule has 1 aliphatic rings. The first-order chi connectivity index (χ1) is 11.6. The Bertz CT molecular complexity index is 692. The summed E-state index contributed by atoms with van der Waals surface area (Å²) in [5, 5.41) is 13.6. The van der Waals surface area contributed by atoms with Crippen molar-refractivity contribution in [3.63, 3.8) is 0 Å². The molecule has 3 rings (SSSR count). The molecular weight excluding hydrogens is 300 g/mol. The topological polar surface area (TPSA) is 62.2 Å². The Kier molecular flexibility index (Phi) is 4.95. The van der Waals surface area contributed by atoms with Gasteiger partial charge in [0.15, 0.2) is 0 Å². The van der Waals surface area contributed by atoms with Gasteiger partial charge in [-0.1, -0.05) is 25.1 Å². The smallest absolute Gasteiger partial charge is 0.252 e. The van der Waals surface area contributed by atoms with Crippen LogP contribution in [0.15, 0.2) is 48.8 Å². The highest BCUT2D eigenvalue weighted by Gasteiger charge is 2.32. The van der Waals surface area contributed by atoms with Crippen LogP contribution < -0.4 is 5.32 Å². The Morgan fingerprint density at radius 3 is 2.58 bits per heavy atom. The number of aromatic nitrogens is 1. The largest absolute Gasteiger partial charge is 0.388 e. The van der Waals surface area contributed by atoms with Gasteiger partial charge < -0.3 is 10.4 Å². The van der Waals surface area contributed by atoms with Gasteiger partial charge in [0, 0.05) is 24.5 Å². The molecular formula is C20H24N2O2. The number of carbonyl (C=O) groups excluding carboxylic acids is 1. The van der Waals surface area contributed by atoms with Crippen molar-refractivity contribution in [2.75, 3.05) is 6.54 Å². The van der Waals surface area contributed by atoms with Crippen molar-refractivity contribution in [3.8, 4) is 11.1 Å². The number of pyridine rings is 1. The lowest BCUT2D eigenvalue weighted by Gasteiger charge is -2.35. The van der Waals surface area contributed by atoms with Crippen LogP contribution >= 0.6 is 0 Å². The monoisotopic (exact) mass is 324 g/mol. The number of rotatable bonds is 4. The van der Waals surface area contributed by atoms with Crippen molar-refractivity contribution in [1.29, 1.82) is 0 Å². The molecule has 24 heavy (non-hydrogen) atoms. The minimum Gasteiger partial charge on any atom is -0.388 e. The minimum absolute atomic E-state index is 0.144. The number of hydrogen-bond acceptors (Lipinski definition) is 3. The van der Waals surface area contributed by atoms with E-state index in [-0.39, 0.29) is 5.91 Å². The maximum atomic E-state index is 12.7. The van der Waals surface area contributed by atoms with Crippen LogP contribution in [0.25, 0.3) is 11.1 Å². The number of nitrogens with zero attached hydrogens (tertiary/aromatic N) is 1. The lowest BCUT2D eigenvalue weighted by atomic mass is 9.79. The van der Waals surface area contributed by atoms with Gasteiger partial charge in [0.1, 0.15) is 0 Å². The van der Waals surface area contributed by atoms with Crippen molar-refractivity contribution in [3.05, 3.63) is 54.4 Å². The zero-order valence-corrected chi connectivity index (χ0v) is 14.0. The Hall–Kier alpha value is -2.20. The normalized spacial score (nSPS) is 23.7. The molecule has 1 fully saturated rings. The molecule has 1 aromatic carbocycles. The Balaban J connectivity index is 1.72. The van der Waals surface area contributed by atoms with Crippen LogP contribution in [0.2, 0.25) is 0 Å². The molecule has 4 nitrogen and oxygen atoms in total. The molecule has 4 heteroatoms. The SMILES string of the molecule is CC1CCC(O)(CNC(=O)c2ccccc2-c2ccncc2)CC1. The number of hydrogen-bond donors (Lipinski definition) is 2. The zero-order chi connectivity index (χ0) is 17.0. The molecule has 1 saturated carbocycles. The van der Waals surface area contributed by atoms with Gasteiger partial charge in [-0.3, -0.25) is 9.78 Å². The first-order valence-corrected chi connectivity index (χ1v) is 8.57. The summed E-state index contributed by atoms with van der Waals surface area (Å²) in [5.41, 5.74) is 1.69. The van der Waals surface area contributed by atoms with E-state index in [1.54, 1.807) is 12.4 Å². The van der Waals surface area contributed by atoms with E-state index in [2.05, 4.69) is 17.2 Å².